The monoisotopic (exact) mass is 282 g/mol. The van der Waals surface area contributed by atoms with Crippen LogP contribution in [0.15, 0.2) is 43.0 Å². The van der Waals surface area contributed by atoms with E-state index in [1.54, 1.807) is 0 Å². The summed E-state index contributed by atoms with van der Waals surface area (Å²) >= 11 is 0. The number of carbonyl (C=O) groups excluding carboxylic acids is 1. The standard InChI is InChI=1S/C15H22N2O.ClH/c1-5-13(16-14(18)6-2)17-15(3,4)12-10-8-7-9-11-12;/h6-11,13,17H,2,5H2,1,3-4H3,(H,16,18);1H. The molecule has 2 N–H and O–H groups in total. The molecule has 1 amide bonds. The fourth-order valence-corrected chi connectivity index (χ4v) is 1.84. The van der Waals surface area contributed by atoms with E-state index in [1.807, 2.05) is 25.1 Å². The van der Waals surface area contributed by atoms with E-state index in [9.17, 15) is 4.79 Å². The minimum Gasteiger partial charge on any atom is -0.337 e. The van der Waals surface area contributed by atoms with Crippen molar-refractivity contribution in [3.05, 3.63) is 48.6 Å². The molecule has 1 aromatic rings. The highest BCUT2D eigenvalue weighted by Gasteiger charge is 2.23. The zero-order valence-corrected chi connectivity index (χ0v) is 12.6. The van der Waals surface area contributed by atoms with Crippen molar-refractivity contribution < 1.29 is 4.79 Å². The fraction of sp³-hybridized carbons (Fsp3) is 0.400. The maximum Gasteiger partial charge on any atom is 0.244 e. The maximum atomic E-state index is 11.3. The van der Waals surface area contributed by atoms with Crippen molar-refractivity contribution in [1.29, 1.82) is 0 Å². The second-order valence-corrected chi connectivity index (χ2v) is 4.81. The lowest BCUT2D eigenvalue weighted by atomic mass is 9.94. The Kier molecular flexibility index (Phi) is 7.42. The number of benzene rings is 1. The molecule has 0 saturated carbocycles. The molecule has 4 heteroatoms. The van der Waals surface area contributed by atoms with Gasteiger partial charge in [-0.1, -0.05) is 43.8 Å². The van der Waals surface area contributed by atoms with Crippen molar-refractivity contribution in [3.63, 3.8) is 0 Å². The summed E-state index contributed by atoms with van der Waals surface area (Å²) in [5, 5.41) is 6.32. The summed E-state index contributed by atoms with van der Waals surface area (Å²) in [7, 11) is 0. The van der Waals surface area contributed by atoms with Crippen LogP contribution in [-0.4, -0.2) is 12.1 Å². The molecule has 0 aliphatic carbocycles. The molecule has 0 saturated heterocycles. The first-order valence-corrected chi connectivity index (χ1v) is 6.25. The predicted molar refractivity (Wildman–Crippen MR) is 82.3 cm³/mol. The second-order valence-electron chi connectivity index (χ2n) is 4.81. The Morgan fingerprint density at radius 1 is 1.37 bits per heavy atom. The van der Waals surface area contributed by atoms with Gasteiger partial charge in [0.2, 0.25) is 5.91 Å². The quantitative estimate of drug-likeness (QED) is 0.622. The van der Waals surface area contributed by atoms with E-state index < -0.39 is 0 Å². The van der Waals surface area contributed by atoms with E-state index in [4.69, 9.17) is 0 Å². The molecule has 1 atom stereocenters. The molecule has 0 fully saturated rings. The molecule has 0 aliphatic rings. The van der Waals surface area contributed by atoms with Crippen molar-refractivity contribution in [1.82, 2.24) is 10.6 Å². The summed E-state index contributed by atoms with van der Waals surface area (Å²) in [6.07, 6.45) is 2.04. The number of halogens is 1. The zero-order chi connectivity index (χ0) is 13.6. The van der Waals surface area contributed by atoms with E-state index in [-0.39, 0.29) is 30.0 Å². The van der Waals surface area contributed by atoms with Crippen LogP contribution in [0.2, 0.25) is 0 Å². The van der Waals surface area contributed by atoms with Crippen LogP contribution in [-0.2, 0) is 10.3 Å². The van der Waals surface area contributed by atoms with Gasteiger partial charge in [-0.15, -0.1) is 12.4 Å². The van der Waals surface area contributed by atoms with Gasteiger partial charge in [-0.25, -0.2) is 0 Å². The van der Waals surface area contributed by atoms with Gasteiger partial charge in [0.15, 0.2) is 0 Å². The van der Waals surface area contributed by atoms with E-state index in [2.05, 4.69) is 43.2 Å². The minimum absolute atomic E-state index is 0. The number of rotatable bonds is 6. The predicted octanol–water partition coefficient (Wildman–Crippen LogP) is 2.97. The third-order valence-electron chi connectivity index (χ3n) is 2.94. The van der Waals surface area contributed by atoms with Crippen molar-refractivity contribution in [2.45, 2.75) is 38.9 Å². The second kappa shape index (κ2) is 7.97. The van der Waals surface area contributed by atoms with Gasteiger partial charge in [-0.3, -0.25) is 10.1 Å². The van der Waals surface area contributed by atoms with Crippen molar-refractivity contribution in [2.24, 2.45) is 0 Å². The lowest BCUT2D eigenvalue weighted by Crippen LogP contribution is -2.52. The van der Waals surface area contributed by atoms with E-state index in [0.717, 1.165) is 6.42 Å². The minimum atomic E-state index is -0.198. The molecule has 0 aromatic heterocycles. The average Bonchev–Trinajstić information content (AvgIpc) is 2.38. The van der Waals surface area contributed by atoms with Crippen LogP contribution in [0.25, 0.3) is 0 Å². The first kappa shape index (κ1) is 17.7. The highest BCUT2D eigenvalue weighted by Crippen LogP contribution is 2.20. The van der Waals surface area contributed by atoms with Crippen LogP contribution in [0.4, 0.5) is 0 Å². The molecule has 0 spiro atoms. The molecule has 1 rings (SSSR count). The molecule has 106 valence electrons. The summed E-state index contributed by atoms with van der Waals surface area (Å²) in [5.41, 5.74) is 0.993. The Balaban J connectivity index is 0.00000324. The summed E-state index contributed by atoms with van der Waals surface area (Å²) < 4.78 is 0. The van der Waals surface area contributed by atoms with Crippen molar-refractivity contribution in [3.8, 4) is 0 Å². The van der Waals surface area contributed by atoms with Crippen LogP contribution in [0, 0.1) is 0 Å². The SMILES string of the molecule is C=CC(=O)NC(CC)NC(C)(C)c1ccccc1.Cl. The largest absolute Gasteiger partial charge is 0.337 e. The summed E-state index contributed by atoms with van der Waals surface area (Å²) in [6.45, 7) is 9.70. The molecule has 0 bridgehead atoms. The summed E-state index contributed by atoms with van der Waals surface area (Å²) in [6, 6.07) is 10.2. The number of hydrogen-bond donors (Lipinski definition) is 2. The number of nitrogens with one attached hydrogen (secondary N) is 2. The van der Waals surface area contributed by atoms with Crippen LogP contribution < -0.4 is 10.6 Å². The Morgan fingerprint density at radius 2 is 1.95 bits per heavy atom. The third-order valence-corrected chi connectivity index (χ3v) is 2.94. The average molecular weight is 283 g/mol. The number of hydrogen-bond acceptors (Lipinski definition) is 2. The third kappa shape index (κ3) is 5.45. The molecule has 3 nitrogen and oxygen atoms in total. The smallest absolute Gasteiger partial charge is 0.244 e. The van der Waals surface area contributed by atoms with E-state index >= 15 is 0 Å². The zero-order valence-electron chi connectivity index (χ0n) is 11.8. The molecule has 0 aliphatic heterocycles. The lowest BCUT2D eigenvalue weighted by molar-refractivity contribution is -0.117. The van der Waals surface area contributed by atoms with Crippen LogP contribution in [0.3, 0.4) is 0 Å². The summed E-state index contributed by atoms with van der Waals surface area (Å²) in [4.78, 5) is 11.3. The molecule has 1 unspecified atom stereocenters. The first-order chi connectivity index (χ1) is 8.49. The molecule has 19 heavy (non-hydrogen) atoms. The van der Waals surface area contributed by atoms with E-state index in [1.165, 1.54) is 11.6 Å². The number of amides is 1. The highest BCUT2D eigenvalue weighted by molar-refractivity contribution is 5.87. The van der Waals surface area contributed by atoms with Gasteiger partial charge >= 0.3 is 0 Å². The Hall–Kier alpha value is -1.32. The highest BCUT2D eigenvalue weighted by atomic mass is 35.5. The molecule has 0 heterocycles. The first-order valence-electron chi connectivity index (χ1n) is 6.25. The molecule has 1 aromatic carbocycles. The Labute approximate surface area is 121 Å². The van der Waals surface area contributed by atoms with Crippen LogP contribution >= 0.6 is 12.4 Å². The topological polar surface area (TPSA) is 41.1 Å². The van der Waals surface area contributed by atoms with E-state index in [0.29, 0.717) is 0 Å². The molecule has 0 radical (unpaired) electrons. The van der Waals surface area contributed by atoms with Gasteiger partial charge < -0.3 is 5.32 Å². The van der Waals surface area contributed by atoms with Crippen LogP contribution in [0.1, 0.15) is 32.8 Å². The number of carbonyl (C=O) groups is 1. The van der Waals surface area contributed by atoms with Gasteiger partial charge in [0.1, 0.15) is 0 Å². The Morgan fingerprint density at radius 3 is 2.42 bits per heavy atom. The van der Waals surface area contributed by atoms with Gasteiger partial charge in [-0.05, 0) is 31.9 Å². The summed E-state index contributed by atoms with van der Waals surface area (Å²) in [5.74, 6) is -0.154. The van der Waals surface area contributed by atoms with Gasteiger partial charge in [0.05, 0.1) is 6.17 Å². The van der Waals surface area contributed by atoms with Gasteiger partial charge in [0.25, 0.3) is 0 Å². The van der Waals surface area contributed by atoms with Gasteiger partial charge in [0, 0.05) is 5.54 Å². The van der Waals surface area contributed by atoms with Crippen LogP contribution in [0.5, 0.6) is 0 Å². The molecular formula is C15H23ClN2O. The lowest BCUT2D eigenvalue weighted by Gasteiger charge is -2.32. The van der Waals surface area contributed by atoms with Crippen molar-refractivity contribution in [2.75, 3.05) is 0 Å². The Bertz CT molecular complexity index is 404. The maximum absolute atomic E-state index is 11.3. The normalized spacial score (nSPS) is 12.2. The fourth-order valence-electron chi connectivity index (χ4n) is 1.84. The molecular weight excluding hydrogens is 260 g/mol. The van der Waals surface area contributed by atoms with Crippen molar-refractivity contribution >= 4 is 18.3 Å². The van der Waals surface area contributed by atoms with Gasteiger partial charge in [-0.2, -0.15) is 0 Å².